The molecule has 0 spiro atoms. The van der Waals surface area contributed by atoms with Crippen LogP contribution in [0.4, 0.5) is 0 Å². The topological polar surface area (TPSA) is 90.1 Å². The molecular weight excluding hydrogens is 346 g/mol. The Morgan fingerprint density at radius 2 is 1.92 bits per heavy atom. The van der Waals surface area contributed by atoms with Crippen molar-refractivity contribution in [3.63, 3.8) is 0 Å². The number of hydrogen-bond donors (Lipinski definition) is 1. The molecule has 0 aliphatic heterocycles. The van der Waals surface area contributed by atoms with Crippen molar-refractivity contribution in [3.05, 3.63) is 30.1 Å². The van der Waals surface area contributed by atoms with Crippen LogP contribution in [0.5, 0.6) is 0 Å². The van der Waals surface area contributed by atoms with Gasteiger partial charge in [-0.1, -0.05) is 6.07 Å². The van der Waals surface area contributed by atoms with E-state index in [-0.39, 0.29) is 0 Å². The molecule has 5 nitrogen and oxygen atoms in total. The number of rotatable bonds is 1. The van der Waals surface area contributed by atoms with Gasteiger partial charge in [0.15, 0.2) is 0 Å². The number of aromatic nitrogens is 1. The van der Waals surface area contributed by atoms with Crippen LogP contribution in [0.2, 0.25) is 5.40 Å². The van der Waals surface area contributed by atoms with Crippen LogP contribution >= 0.6 is 0 Å². The zero-order valence-electron chi connectivity index (χ0n) is 7.14. The molecule has 1 aromatic heterocycles. The van der Waals surface area contributed by atoms with E-state index in [9.17, 15) is 10.4 Å². The third-order valence-electron chi connectivity index (χ3n) is 0.935. The summed E-state index contributed by atoms with van der Waals surface area (Å²) in [5.41, 5.74) is 6.22. The Bertz CT molecular complexity index is 366. The van der Waals surface area contributed by atoms with Crippen molar-refractivity contribution in [3.8, 4) is 0 Å². The fourth-order valence-corrected chi connectivity index (χ4v) is 0.519. The van der Waals surface area contributed by atoms with Crippen molar-refractivity contribution in [1.29, 1.82) is 0 Å². The fraction of sp³-hybridized carbons (Fsp3) is 0.286. The van der Waals surface area contributed by atoms with E-state index >= 15 is 0 Å². The molecule has 0 saturated carbocycles. The van der Waals surface area contributed by atoms with Crippen LogP contribution < -0.4 is 5.73 Å². The summed E-state index contributed by atoms with van der Waals surface area (Å²) in [7, 11) is 0. The quantitative estimate of drug-likeness (QED) is 0.802. The Balaban J connectivity index is 0.000000252. The molecule has 0 atom stereocenters. The summed E-state index contributed by atoms with van der Waals surface area (Å²) in [5, 5.41) is 0.722. The van der Waals surface area contributed by atoms with Gasteiger partial charge in [-0.25, -0.2) is 0 Å². The maximum absolute atomic E-state index is 9.19. The Kier molecular flexibility index (Phi) is 5.39. The van der Waals surface area contributed by atoms with Crippen LogP contribution in [0.3, 0.4) is 0 Å². The molecule has 13 heavy (non-hydrogen) atoms. The molecule has 1 heterocycles. The molecule has 0 fully saturated rings. The SMILES string of the molecule is NCc1ccccn1.[CH3][Re](=[O])(=[O])=[O]. The van der Waals surface area contributed by atoms with Gasteiger partial charge in [0.05, 0.1) is 5.69 Å². The second-order valence-electron chi connectivity index (χ2n) is 2.18. The van der Waals surface area contributed by atoms with Gasteiger partial charge in [-0.05, 0) is 12.1 Å². The molecular formula is C7H11N2O3Re. The molecule has 1 aromatic rings. The van der Waals surface area contributed by atoms with Crippen molar-refractivity contribution >= 4 is 0 Å². The van der Waals surface area contributed by atoms with E-state index in [1.165, 1.54) is 0 Å². The van der Waals surface area contributed by atoms with E-state index in [1.54, 1.807) is 6.20 Å². The number of hydrogen-bond acceptors (Lipinski definition) is 5. The number of nitrogens with two attached hydrogens (primary N) is 1. The summed E-state index contributed by atoms with van der Waals surface area (Å²) in [6.07, 6.45) is 1.74. The van der Waals surface area contributed by atoms with Gasteiger partial charge in [-0.2, -0.15) is 0 Å². The van der Waals surface area contributed by atoms with E-state index in [0.29, 0.717) is 6.54 Å². The molecule has 0 aromatic carbocycles. The monoisotopic (exact) mass is 358 g/mol. The first-order chi connectivity index (χ1) is 5.93. The molecule has 0 radical (unpaired) electrons. The molecule has 2 N–H and O–H groups in total. The first kappa shape index (κ1) is 12.2. The van der Waals surface area contributed by atoms with Crippen molar-refractivity contribution in [2.75, 3.05) is 0 Å². The molecule has 0 aliphatic carbocycles. The van der Waals surface area contributed by atoms with Crippen molar-refractivity contribution in [2.45, 2.75) is 11.9 Å². The van der Waals surface area contributed by atoms with Gasteiger partial charge in [-0.3, -0.25) is 4.98 Å². The van der Waals surface area contributed by atoms with E-state index in [4.69, 9.17) is 5.73 Å². The first-order valence-corrected chi connectivity index (χ1v) is 9.42. The van der Waals surface area contributed by atoms with Crippen molar-refractivity contribution in [2.24, 2.45) is 5.73 Å². The summed E-state index contributed by atoms with van der Waals surface area (Å²) in [5.74, 6) is 0. The number of nitrogens with zero attached hydrogens (tertiary/aromatic N) is 1. The van der Waals surface area contributed by atoms with Crippen LogP contribution in [-0.4, -0.2) is 4.98 Å². The summed E-state index contributed by atoms with van der Waals surface area (Å²) in [6, 6.07) is 5.70. The van der Waals surface area contributed by atoms with Gasteiger partial charge in [0, 0.05) is 12.7 Å². The second-order valence-corrected chi connectivity index (χ2v) is 6.86. The predicted octanol–water partition coefficient (Wildman–Crippen LogP) is 0.765. The maximum atomic E-state index is 9.19. The molecule has 0 amide bonds. The van der Waals surface area contributed by atoms with Crippen molar-refractivity contribution < 1.29 is 25.8 Å². The second kappa shape index (κ2) is 5.76. The van der Waals surface area contributed by atoms with Crippen molar-refractivity contribution in [1.82, 2.24) is 4.98 Å². The minimum absolute atomic E-state index is 0.529. The van der Waals surface area contributed by atoms with Crippen LogP contribution in [0.15, 0.2) is 24.4 Å². The Hall–Kier alpha value is -0.828. The molecule has 6 heteroatoms. The Morgan fingerprint density at radius 3 is 2.15 bits per heavy atom. The first-order valence-electron chi connectivity index (χ1n) is 3.37. The summed E-state index contributed by atoms with van der Waals surface area (Å²) in [4.78, 5) is 3.97. The van der Waals surface area contributed by atoms with Gasteiger partial charge in [0.25, 0.3) is 0 Å². The molecule has 0 bridgehead atoms. The van der Waals surface area contributed by atoms with Gasteiger partial charge in [-0.15, -0.1) is 0 Å². The van der Waals surface area contributed by atoms with E-state index < -0.39 is 15.4 Å². The molecule has 0 saturated heterocycles. The fourth-order valence-electron chi connectivity index (χ4n) is 0.519. The summed E-state index contributed by atoms with van der Waals surface area (Å²) >= 11 is -4.86. The molecule has 74 valence electrons. The average Bonchev–Trinajstić information content (AvgIpc) is 2.03. The summed E-state index contributed by atoms with van der Waals surface area (Å²) < 4.78 is 27.6. The number of pyridine rings is 1. The van der Waals surface area contributed by atoms with Gasteiger partial charge in [0.2, 0.25) is 0 Å². The summed E-state index contributed by atoms with van der Waals surface area (Å²) in [6.45, 7) is 0.529. The normalized spacial score (nSPS) is 10.0. The van der Waals surface area contributed by atoms with E-state index in [2.05, 4.69) is 4.98 Å². The minimum atomic E-state index is -4.86. The van der Waals surface area contributed by atoms with E-state index in [0.717, 1.165) is 11.1 Å². The van der Waals surface area contributed by atoms with Crippen LogP contribution in [0.25, 0.3) is 0 Å². The van der Waals surface area contributed by atoms with Gasteiger partial charge in [0.1, 0.15) is 0 Å². The van der Waals surface area contributed by atoms with Gasteiger partial charge >= 0.3 is 31.2 Å². The molecule has 0 aliphatic rings. The third-order valence-corrected chi connectivity index (χ3v) is 0.935. The Labute approximate surface area is 78.9 Å². The van der Waals surface area contributed by atoms with Crippen LogP contribution in [-0.2, 0) is 32.4 Å². The van der Waals surface area contributed by atoms with Crippen LogP contribution in [0, 0.1) is 0 Å². The molecule has 1 rings (SSSR count). The average molecular weight is 357 g/mol. The zero-order chi connectivity index (χ0) is 10.3. The predicted molar refractivity (Wildman–Crippen MR) is 40.1 cm³/mol. The van der Waals surface area contributed by atoms with Gasteiger partial charge < -0.3 is 5.73 Å². The van der Waals surface area contributed by atoms with E-state index in [1.807, 2.05) is 18.2 Å². The standard InChI is InChI=1S/C6H8N2.CH3.3O.Re/c7-5-6-3-1-2-4-8-6;;;;;/h1-4H,5,7H2;1H3;;;;. The zero-order valence-corrected chi connectivity index (χ0v) is 9.86. The molecule has 0 unspecified atom stereocenters. The Morgan fingerprint density at radius 1 is 1.38 bits per heavy atom. The third kappa shape index (κ3) is 11.2. The van der Waals surface area contributed by atoms with Crippen LogP contribution in [0.1, 0.15) is 5.69 Å².